The van der Waals surface area contributed by atoms with Crippen LogP contribution in [-0.4, -0.2) is 56.9 Å². The van der Waals surface area contributed by atoms with Crippen molar-refractivity contribution >= 4 is 5.96 Å². The molecule has 0 radical (unpaired) electrons. The molecule has 1 aromatic carbocycles. The Morgan fingerprint density at radius 2 is 2.07 bits per heavy atom. The van der Waals surface area contributed by atoms with E-state index in [4.69, 9.17) is 9.47 Å². The molecular weight excluding hydrogens is 338 g/mol. The standard InChI is InChI=1S/C22H31N3O2/c1-23-21(24-19-18-9-13-27-20(18)22(19)10-3-11-22)25-12-8-16(14-25)15-4-6-17(26-2)7-5-15/h4-7,16,18-20H,3,8-14H2,1-2H3,(H,23,24). The number of likely N-dealkylation sites (tertiary alicyclic amines) is 1. The summed E-state index contributed by atoms with van der Waals surface area (Å²) < 4.78 is 11.4. The molecular formula is C22H31N3O2. The Hall–Kier alpha value is -1.75. The molecule has 2 aliphatic carbocycles. The molecule has 1 spiro atoms. The van der Waals surface area contributed by atoms with Gasteiger partial charge in [-0.15, -0.1) is 0 Å². The number of ether oxygens (including phenoxy) is 2. The third kappa shape index (κ3) is 2.65. The molecule has 1 N–H and O–H groups in total. The zero-order chi connectivity index (χ0) is 18.4. The molecule has 5 heteroatoms. The smallest absolute Gasteiger partial charge is 0.193 e. The highest BCUT2D eigenvalue weighted by atomic mass is 16.5. The minimum Gasteiger partial charge on any atom is -0.497 e. The van der Waals surface area contributed by atoms with Gasteiger partial charge in [-0.25, -0.2) is 0 Å². The van der Waals surface area contributed by atoms with E-state index in [9.17, 15) is 0 Å². The van der Waals surface area contributed by atoms with Crippen molar-refractivity contribution in [2.45, 2.75) is 50.2 Å². The molecule has 0 amide bonds. The largest absolute Gasteiger partial charge is 0.497 e. The Morgan fingerprint density at radius 3 is 2.74 bits per heavy atom. The van der Waals surface area contributed by atoms with E-state index in [-0.39, 0.29) is 0 Å². The van der Waals surface area contributed by atoms with Crippen molar-refractivity contribution in [3.8, 4) is 5.75 Å². The van der Waals surface area contributed by atoms with E-state index >= 15 is 0 Å². The number of hydrogen-bond acceptors (Lipinski definition) is 3. The molecule has 5 nitrogen and oxygen atoms in total. The normalized spacial score (nSPS) is 34.1. The van der Waals surface area contributed by atoms with E-state index in [1.165, 1.54) is 37.7 Å². The number of rotatable bonds is 3. The monoisotopic (exact) mass is 369 g/mol. The minimum absolute atomic E-state index is 0.395. The fraction of sp³-hybridized carbons (Fsp3) is 0.682. The molecule has 1 aromatic rings. The number of nitrogens with one attached hydrogen (secondary N) is 1. The van der Waals surface area contributed by atoms with E-state index in [2.05, 4.69) is 39.5 Å². The van der Waals surface area contributed by atoms with Gasteiger partial charge in [0.25, 0.3) is 0 Å². The second-order valence-electron chi connectivity index (χ2n) is 8.70. The number of nitrogens with zero attached hydrogens (tertiary/aromatic N) is 2. The van der Waals surface area contributed by atoms with Gasteiger partial charge in [0.15, 0.2) is 5.96 Å². The first-order chi connectivity index (χ1) is 13.2. The molecule has 4 unspecified atom stereocenters. The highest BCUT2D eigenvalue weighted by Crippen LogP contribution is 2.62. The first kappa shape index (κ1) is 17.4. The maximum absolute atomic E-state index is 6.07. The van der Waals surface area contributed by atoms with E-state index in [0.29, 0.717) is 29.4 Å². The fourth-order valence-corrected chi connectivity index (χ4v) is 5.99. The maximum atomic E-state index is 6.07. The van der Waals surface area contributed by atoms with Crippen molar-refractivity contribution in [2.24, 2.45) is 16.3 Å². The van der Waals surface area contributed by atoms with Crippen LogP contribution in [0.1, 0.15) is 43.6 Å². The van der Waals surface area contributed by atoms with Gasteiger partial charge in [-0.3, -0.25) is 4.99 Å². The molecule has 2 aliphatic heterocycles. The van der Waals surface area contributed by atoms with Crippen molar-refractivity contribution in [1.29, 1.82) is 0 Å². The van der Waals surface area contributed by atoms with E-state index in [1.807, 2.05) is 7.05 Å². The predicted molar refractivity (Wildman–Crippen MR) is 106 cm³/mol. The molecule has 4 atom stereocenters. The Bertz CT molecular complexity index is 713. The average Bonchev–Trinajstić information content (AvgIpc) is 3.30. The van der Waals surface area contributed by atoms with Crippen LogP contribution in [0.25, 0.3) is 0 Å². The van der Waals surface area contributed by atoms with Crippen LogP contribution in [0.15, 0.2) is 29.3 Å². The van der Waals surface area contributed by atoms with Crippen LogP contribution in [0.5, 0.6) is 5.75 Å². The molecule has 0 aromatic heterocycles. The van der Waals surface area contributed by atoms with Gasteiger partial charge in [0.2, 0.25) is 0 Å². The number of fused-ring (bicyclic) bond motifs is 2. The summed E-state index contributed by atoms with van der Waals surface area (Å²) >= 11 is 0. The van der Waals surface area contributed by atoms with Gasteiger partial charge < -0.3 is 19.7 Å². The third-order valence-electron chi connectivity index (χ3n) is 7.61. The fourth-order valence-electron chi connectivity index (χ4n) is 5.99. The summed E-state index contributed by atoms with van der Waals surface area (Å²) in [5, 5.41) is 3.88. The summed E-state index contributed by atoms with van der Waals surface area (Å²) in [6.07, 6.45) is 6.88. The Balaban J connectivity index is 1.25. The first-order valence-electron chi connectivity index (χ1n) is 10.5. The summed E-state index contributed by atoms with van der Waals surface area (Å²) in [4.78, 5) is 7.10. The SMILES string of the molecule is CN=C(NC1C2CCOC2C12CCC2)N1CCC(c2ccc(OC)cc2)C1. The average molecular weight is 370 g/mol. The molecule has 2 heterocycles. The highest BCUT2D eigenvalue weighted by molar-refractivity contribution is 5.81. The van der Waals surface area contributed by atoms with Gasteiger partial charge in [0, 0.05) is 50.0 Å². The third-order valence-corrected chi connectivity index (χ3v) is 7.61. The topological polar surface area (TPSA) is 46.1 Å². The van der Waals surface area contributed by atoms with Gasteiger partial charge >= 0.3 is 0 Å². The van der Waals surface area contributed by atoms with Crippen LogP contribution in [0, 0.1) is 11.3 Å². The van der Waals surface area contributed by atoms with Crippen molar-refractivity contribution in [2.75, 3.05) is 33.9 Å². The second kappa shape index (κ2) is 6.69. The lowest BCUT2D eigenvalue weighted by Gasteiger charge is -2.63. The molecule has 146 valence electrons. The van der Waals surface area contributed by atoms with Crippen LogP contribution in [0.4, 0.5) is 0 Å². The van der Waals surface area contributed by atoms with Crippen LogP contribution in [-0.2, 0) is 4.74 Å². The van der Waals surface area contributed by atoms with Gasteiger partial charge in [0.1, 0.15) is 5.75 Å². The van der Waals surface area contributed by atoms with Gasteiger partial charge in [0.05, 0.1) is 13.2 Å². The predicted octanol–water partition coefficient (Wildman–Crippen LogP) is 3.02. The molecule has 27 heavy (non-hydrogen) atoms. The number of guanidine groups is 1. The van der Waals surface area contributed by atoms with Crippen molar-refractivity contribution in [3.63, 3.8) is 0 Å². The summed E-state index contributed by atoms with van der Waals surface area (Å²) in [5.41, 5.74) is 1.80. The van der Waals surface area contributed by atoms with Gasteiger partial charge in [-0.05, 0) is 43.4 Å². The number of methoxy groups -OCH3 is 1. The second-order valence-corrected chi connectivity index (χ2v) is 8.70. The summed E-state index contributed by atoms with van der Waals surface area (Å²) in [5.74, 6) is 3.26. The van der Waals surface area contributed by atoms with Crippen LogP contribution in [0.3, 0.4) is 0 Å². The Morgan fingerprint density at radius 1 is 1.26 bits per heavy atom. The molecule has 2 saturated carbocycles. The van der Waals surface area contributed by atoms with E-state index < -0.39 is 0 Å². The zero-order valence-electron chi connectivity index (χ0n) is 16.5. The van der Waals surface area contributed by atoms with Gasteiger partial charge in [-0.2, -0.15) is 0 Å². The van der Waals surface area contributed by atoms with Gasteiger partial charge in [-0.1, -0.05) is 18.6 Å². The zero-order valence-corrected chi connectivity index (χ0v) is 16.5. The lowest BCUT2D eigenvalue weighted by molar-refractivity contribution is -0.171. The lowest BCUT2D eigenvalue weighted by atomic mass is 9.46. The van der Waals surface area contributed by atoms with Crippen LogP contribution in [0.2, 0.25) is 0 Å². The summed E-state index contributed by atoms with van der Waals surface area (Å²) in [6.45, 7) is 3.05. The first-order valence-corrected chi connectivity index (χ1v) is 10.5. The molecule has 2 saturated heterocycles. The van der Waals surface area contributed by atoms with Crippen molar-refractivity contribution < 1.29 is 9.47 Å². The molecule has 4 fully saturated rings. The lowest BCUT2D eigenvalue weighted by Crippen LogP contribution is -2.72. The molecule has 4 aliphatic rings. The molecule has 5 rings (SSSR count). The minimum atomic E-state index is 0.395. The van der Waals surface area contributed by atoms with Crippen LogP contribution >= 0.6 is 0 Å². The number of aliphatic imine (C=N–C) groups is 1. The number of benzene rings is 1. The Labute approximate surface area is 162 Å². The summed E-state index contributed by atoms with van der Waals surface area (Å²) in [7, 11) is 3.65. The van der Waals surface area contributed by atoms with Crippen molar-refractivity contribution in [3.05, 3.63) is 29.8 Å². The molecule has 0 bridgehead atoms. The van der Waals surface area contributed by atoms with E-state index in [0.717, 1.165) is 31.4 Å². The Kier molecular flexibility index (Phi) is 4.30. The highest BCUT2D eigenvalue weighted by Gasteiger charge is 2.66. The quantitative estimate of drug-likeness (QED) is 0.657. The summed E-state index contributed by atoms with van der Waals surface area (Å²) in [6, 6.07) is 9.11. The van der Waals surface area contributed by atoms with Crippen molar-refractivity contribution in [1.82, 2.24) is 10.2 Å². The van der Waals surface area contributed by atoms with Crippen LogP contribution < -0.4 is 10.1 Å². The maximum Gasteiger partial charge on any atom is 0.193 e. The number of hydrogen-bond donors (Lipinski definition) is 1. The van der Waals surface area contributed by atoms with E-state index in [1.54, 1.807) is 7.11 Å².